The molecule has 4 aliphatic rings. The Balaban J connectivity index is 1.34. The van der Waals surface area contributed by atoms with E-state index in [9.17, 15) is 34.8 Å². The van der Waals surface area contributed by atoms with Gasteiger partial charge in [-0.2, -0.15) is 0 Å². The topological polar surface area (TPSA) is 253 Å². The highest BCUT2D eigenvalue weighted by Crippen LogP contribution is 2.51. The lowest BCUT2D eigenvalue weighted by Gasteiger charge is -2.38. The van der Waals surface area contributed by atoms with Crippen LogP contribution in [0.15, 0.2) is 52.3 Å². The molecule has 0 radical (unpaired) electrons. The minimum atomic E-state index is -1.96. The van der Waals surface area contributed by atoms with E-state index in [1.807, 2.05) is 11.5 Å². The monoisotopic (exact) mass is 885 g/mol. The number of phenolic OH excluding ortho intramolecular Hbond substituents is 2. The number of imidazole rings is 1. The molecule has 18 heteroatoms. The number of rotatable bonds is 5. The third kappa shape index (κ3) is 8.71. The number of benzene rings is 2. The Bertz CT molecular complexity index is 2560. The highest BCUT2D eigenvalue weighted by atomic mass is 16.7. The van der Waals surface area contributed by atoms with E-state index in [4.69, 9.17) is 29.7 Å². The number of methoxy groups -OCH3 is 1. The Hall–Kier alpha value is -5.82. The molecule has 1 fully saturated rings. The van der Waals surface area contributed by atoms with Gasteiger partial charge in [0.2, 0.25) is 0 Å². The zero-order chi connectivity index (χ0) is 46.4. The van der Waals surface area contributed by atoms with Crippen molar-refractivity contribution in [1.82, 2.24) is 14.5 Å². The molecule has 7 atom stereocenters. The number of carbonyl (C=O) groups is 3. The van der Waals surface area contributed by atoms with Crippen LogP contribution in [-0.2, 0) is 30.3 Å². The van der Waals surface area contributed by atoms with Crippen LogP contribution in [-0.4, -0.2) is 115 Å². The number of aromatic hydroxyl groups is 2. The summed E-state index contributed by atoms with van der Waals surface area (Å²) < 4.78 is 25.6. The Morgan fingerprint density at radius 3 is 2.39 bits per heavy atom. The highest BCUT2D eigenvalue weighted by molar-refractivity contribution is 6.21. The molecule has 18 nitrogen and oxygen atoms in total. The molecule has 1 saturated heterocycles. The van der Waals surface area contributed by atoms with Crippen molar-refractivity contribution < 1.29 is 53.8 Å². The van der Waals surface area contributed by atoms with Gasteiger partial charge in [-0.15, -0.1) is 0 Å². The van der Waals surface area contributed by atoms with Crippen molar-refractivity contribution in [2.24, 2.45) is 21.8 Å². The van der Waals surface area contributed by atoms with Crippen LogP contribution in [0.3, 0.4) is 0 Å². The van der Waals surface area contributed by atoms with Crippen molar-refractivity contribution in [2.75, 3.05) is 37.8 Å². The van der Waals surface area contributed by atoms with Crippen molar-refractivity contribution in [1.29, 1.82) is 0 Å². The number of amides is 1. The molecule has 1 aromatic heterocycles. The van der Waals surface area contributed by atoms with Gasteiger partial charge in [0.25, 0.3) is 11.7 Å². The van der Waals surface area contributed by atoms with Crippen molar-refractivity contribution in [2.45, 2.75) is 117 Å². The molecular formula is C46H59N7O11. The lowest BCUT2D eigenvalue weighted by Crippen LogP contribution is -2.47. The van der Waals surface area contributed by atoms with Crippen LogP contribution in [0.5, 0.6) is 17.2 Å². The second-order valence-corrected chi connectivity index (χ2v) is 17.6. The fourth-order valence-corrected chi connectivity index (χ4v) is 8.90. The lowest BCUT2D eigenvalue weighted by atomic mass is 9.88. The largest absolute Gasteiger partial charge is 0.507 e. The summed E-state index contributed by atoms with van der Waals surface area (Å²) >= 11 is 0. The van der Waals surface area contributed by atoms with E-state index in [1.54, 1.807) is 46.0 Å². The number of hydrogen-bond donors (Lipinski definition) is 6. The van der Waals surface area contributed by atoms with E-state index in [2.05, 4.69) is 20.2 Å². The SMILES string of the molecule is CO[C@H]1/C=C/O[C@@]2(C)Oc3c(C)c(O)c4c(O)c(c5c(c4c3C2=O)NC2(CCN(CCn3c(N)cnc3C)CC2)N=5)=NC(=O)/C(C)=C\C=C\C(C)[C@H](O)CC(O)[C@@H](C)C(OC(C)=O)C1. The number of nitrogens with one attached hydrogen (secondary N) is 1. The van der Waals surface area contributed by atoms with Crippen LogP contribution in [0.2, 0.25) is 0 Å². The number of piperidine rings is 1. The number of likely N-dealkylation sites (tertiary alicyclic amines) is 1. The second-order valence-electron chi connectivity index (χ2n) is 17.6. The zero-order valence-electron chi connectivity index (χ0n) is 37.5. The number of aryl methyl sites for hydroxylation is 1. The van der Waals surface area contributed by atoms with Gasteiger partial charge in [-0.1, -0.05) is 32.1 Å². The number of allylic oxidation sites excluding steroid dienone is 2. The van der Waals surface area contributed by atoms with Gasteiger partial charge in [-0.25, -0.2) is 9.98 Å². The summed E-state index contributed by atoms with van der Waals surface area (Å²) in [4.78, 5) is 56.9. The molecule has 4 aliphatic heterocycles. The maximum Gasteiger partial charge on any atom is 0.312 e. The number of nitrogen functional groups attached to an aromatic ring is 1. The second kappa shape index (κ2) is 18.0. The maximum absolute atomic E-state index is 14.7. The summed E-state index contributed by atoms with van der Waals surface area (Å²) in [6.07, 6.45) is 6.62. The van der Waals surface area contributed by atoms with E-state index < -0.39 is 76.9 Å². The minimum Gasteiger partial charge on any atom is -0.507 e. The van der Waals surface area contributed by atoms with Gasteiger partial charge in [0.1, 0.15) is 45.6 Å². The molecule has 4 bridgehead atoms. The molecular weight excluding hydrogens is 827 g/mol. The number of aliphatic hydroxyl groups excluding tert-OH is 2. The molecule has 7 N–H and O–H groups in total. The summed E-state index contributed by atoms with van der Waals surface area (Å²) in [5.74, 6) is -4.45. The Morgan fingerprint density at radius 2 is 1.73 bits per heavy atom. The van der Waals surface area contributed by atoms with Gasteiger partial charge in [0.05, 0.1) is 47.4 Å². The third-order valence-corrected chi connectivity index (χ3v) is 13.1. The van der Waals surface area contributed by atoms with E-state index >= 15 is 0 Å². The zero-order valence-corrected chi connectivity index (χ0v) is 37.5. The molecule has 7 rings (SSSR count). The number of hydrogen-bond acceptors (Lipinski definition) is 16. The van der Waals surface area contributed by atoms with E-state index in [1.165, 1.54) is 39.4 Å². The summed E-state index contributed by atoms with van der Waals surface area (Å²) in [6, 6.07) is 0. The molecule has 3 aromatic rings. The molecule has 1 amide bonds. The number of Topliss-reactive ketones (excluding diaryl/α,β-unsaturated/α-hetero) is 1. The van der Waals surface area contributed by atoms with Crippen molar-refractivity contribution in [3.63, 3.8) is 0 Å². The number of aliphatic hydroxyl groups is 2. The molecule has 0 saturated carbocycles. The first-order chi connectivity index (χ1) is 30.3. The molecule has 344 valence electrons. The van der Waals surface area contributed by atoms with Crippen LogP contribution in [0.25, 0.3) is 10.8 Å². The van der Waals surface area contributed by atoms with Gasteiger partial charge in [0, 0.05) is 101 Å². The number of phenols is 2. The van der Waals surface area contributed by atoms with Crippen molar-refractivity contribution in [3.05, 3.63) is 70.0 Å². The first-order valence-corrected chi connectivity index (χ1v) is 21.6. The molecule has 0 aliphatic carbocycles. The van der Waals surface area contributed by atoms with Gasteiger partial charge >= 0.3 is 11.8 Å². The average Bonchev–Trinajstić information content (AvgIpc) is 3.87. The van der Waals surface area contributed by atoms with Crippen molar-refractivity contribution in [3.8, 4) is 17.2 Å². The molecule has 2 aromatic carbocycles. The Morgan fingerprint density at radius 1 is 1.02 bits per heavy atom. The standard InChI is InChI=1S/C46H59N7O11/c1-23-10-9-11-24(2)44(60)49-39-38-37(50-46(51-38)13-15-52(16-14-46)17-18-53-27(5)48-22-33(53)47)34-35(41(39)58)40(57)26(4)42-36(34)43(59)45(7,64-42)62-19-12-29(61-8)20-32(63-28(6)54)25(3)31(56)21-30(23)55/h9-12,19,22-23,25,29-32,50,55-58H,13-18,20-21,47H2,1-8H3/b10-9+,19-12+,24-11-,49-39?/t23?,25-,29+,30-,31?,32?,45+/m1/s1. The lowest BCUT2D eigenvalue weighted by molar-refractivity contribution is -0.153. The van der Waals surface area contributed by atoms with Crippen LogP contribution >= 0.6 is 0 Å². The van der Waals surface area contributed by atoms with Gasteiger partial charge in [-0.05, 0) is 26.8 Å². The van der Waals surface area contributed by atoms with Crippen LogP contribution in [0, 0.1) is 25.7 Å². The highest BCUT2D eigenvalue weighted by Gasteiger charge is 2.50. The normalized spacial score (nSPS) is 29.2. The fraction of sp³-hybridized carbons (Fsp3) is 0.522. The number of ether oxygens (including phenoxy) is 4. The summed E-state index contributed by atoms with van der Waals surface area (Å²) in [5, 5.41) is 49.8. The number of fused-ring (bicyclic) bond motifs is 1. The number of anilines is 2. The number of nitrogens with two attached hydrogens (primary N) is 1. The number of aromatic nitrogens is 2. The number of nitrogens with zero attached hydrogens (tertiary/aromatic N) is 5. The first kappa shape index (κ1) is 46.2. The Kier molecular flexibility index (Phi) is 13.0. The predicted molar refractivity (Wildman–Crippen MR) is 235 cm³/mol. The van der Waals surface area contributed by atoms with Gasteiger partial charge < -0.3 is 59.9 Å². The molecule has 1 spiro atoms. The third-order valence-electron chi connectivity index (χ3n) is 13.1. The summed E-state index contributed by atoms with van der Waals surface area (Å²) in [5.41, 5.74) is 5.87. The molecule has 3 unspecified atom stereocenters. The number of ketones is 1. The molecule has 5 heterocycles. The van der Waals surface area contributed by atoms with E-state index in [0.717, 1.165) is 5.82 Å². The smallest absolute Gasteiger partial charge is 0.312 e. The fourth-order valence-electron chi connectivity index (χ4n) is 8.90. The maximum atomic E-state index is 14.7. The van der Waals surface area contributed by atoms with Crippen LogP contribution in [0.1, 0.15) is 82.0 Å². The summed E-state index contributed by atoms with van der Waals surface area (Å²) in [7, 11) is 1.45. The van der Waals surface area contributed by atoms with Crippen molar-refractivity contribution >= 4 is 39.9 Å². The Labute approximate surface area is 370 Å². The minimum absolute atomic E-state index is 0.0316. The number of carbonyl (C=O) groups excluding carboxylic acids is 3. The van der Waals surface area contributed by atoms with Gasteiger partial charge in [-0.3, -0.25) is 19.4 Å². The average molecular weight is 886 g/mol. The van der Waals surface area contributed by atoms with Crippen LogP contribution < -0.4 is 26.5 Å². The molecule has 64 heavy (non-hydrogen) atoms. The number of esters is 1. The van der Waals surface area contributed by atoms with Crippen LogP contribution in [0.4, 0.5) is 11.5 Å². The quantitative estimate of drug-likeness (QED) is 0.159. The van der Waals surface area contributed by atoms with Gasteiger partial charge in [0.15, 0.2) is 5.75 Å². The van der Waals surface area contributed by atoms with E-state index in [0.29, 0.717) is 50.5 Å². The summed E-state index contributed by atoms with van der Waals surface area (Å²) in [6.45, 7) is 13.8. The first-order valence-electron chi connectivity index (χ1n) is 21.6. The predicted octanol–water partition coefficient (Wildman–Crippen LogP) is 3.39. The van der Waals surface area contributed by atoms with E-state index in [-0.39, 0.29) is 56.8 Å².